The van der Waals surface area contributed by atoms with Crippen LogP contribution in [0.3, 0.4) is 0 Å². The van der Waals surface area contributed by atoms with E-state index in [0.717, 1.165) is 5.92 Å². The van der Waals surface area contributed by atoms with Crippen molar-refractivity contribution < 1.29 is 0 Å². The maximum Gasteiger partial charge on any atom is -0.0133 e. The van der Waals surface area contributed by atoms with Gasteiger partial charge in [-0.15, -0.1) is 0 Å². The van der Waals surface area contributed by atoms with Gasteiger partial charge in [-0.3, -0.25) is 0 Å². The molecule has 0 saturated heterocycles. The highest BCUT2D eigenvalue weighted by Crippen LogP contribution is 2.26. The molecule has 0 aliphatic heterocycles. The molecule has 1 nitrogen and oxygen atoms in total. The van der Waals surface area contributed by atoms with Crippen LogP contribution in [0.1, 0.15) is 20.3 Å². The second-order valence-electron chi connectivity index (χ2n) is 2.14. The van der Waals surface area contributed by atoms with E-state index < -0.39 is 0 Å². The molecule has 1 heteroatoms. The van der Waals surface area contributed by atoms with Gasteiger partial charge >= 0.3 is 0 Å². The van der Waals surface area contributed by atoms with Gasteiger partial charge < -0.3 is 6.15 Å². The third-order valence-electron chi connectivity index (χ3n) is 1.18. The molecule has 42 valence electrons. The molecule has 0 heterocycles. The third-order valence-corrected chi connectivity index (χ3v) is 1.18. The summed E-state index contributed by atoms with van der Waals surface area (Å²) in [5.74, 6) is 0.824. The van der Waals surface area contributed by atoms with Gasteiger partial charge in [0.05, 0.1) is 0 Å². The van der Waals surface area contributed by atoms with Crippen LogP contribution >= 0.6 is 0 Å². The molecule has 0 atom stereocenters. The molecule has 0 aromatic rings. The summed E-state index contributed by atoms with van der Waals surface area (Å²) in [4.78, 5) is 0. The van der Waals surface area contributed by atoms with Crippen molar-refractivity contribution in [2.45, 2.75) is 20.3 Å². The van der Waals surface area contributed by atoms with Crippen LogP contribution in [0.2, 0.25) is 0 Å². The zero-order chi connectivity index (χ0) is 4.57. The predicted molar refractivity (Wildman–Crippen MR) is 32.6 cm³/mol. The molecule has 0 radical (unpaired) electrons. The van der Waals surface area contributed by atoms with E-state index >= 15 is 0 Å². The normalized spacial score (nSPS) is 15.6. The average molecular weight is 99.2 g/mol. The molecule has 0 amide bonds. The van der Waals surface area contributed by atoms with E-state index in [2.05, 4.69) is 19.9 Å². The van der Waals surface area contributed by atoms with Crippen LogP contribution in [0.5, 0.6) is 0 Å². The van der Waals surface area contributed by atoms with Crippen molar-refractivity contribution in [2.75, 3.05) is 0 Å². The van der Waals surface area contributed by atoms with E-state index in [-0.39, 0.29) is 6.15 Å². The molecule has 0 saturated carbocycles. The highest BCUT2D eigenvalue weighted by Gasteiger charge is 2.09. The molecule has 7 heavy (non-hydrogen) atoms. The van der Waals surface area contributed by atoms with Crippen LogP contribution in [-0.4, -0.2) is 0 Å². The number of rotatable bonds is 1. The van der Waals surface area contributed by atoms with E-state index in [1.165, 1.54) is 6.42 Å². The Morgan fingerprint density at radius 1 is 1.57 bits per heavy atom. The monoisotopic (exact) mass is 99.1 g/mol. The van der Waals surface area contributed by atoms with Crippen LogP contribution in [0, 0.1) is 5.92 Å². The average Bonchev–Trinajstić information content (AvgIpc) is 2.06. The molecule has 1 aliphatic rings. The van der Waals surface area contributed by atoms with Crippen molar-refractivity contribution in [3.05, 3.63) is 11.6 Å². The first kappa shape index (κ1) is 6.70. The molecule has 1 rings (SSSR count). The van der Waals surface area contributed by atoms with Crippen LogP contribution in [0.25, 0.3) is 0 Å². The van der Waals surface area contributed by atoms with Gasteiger partial charge in [-0.25, -0.2) is 0 Å². The maximum absolute atomic E-state index is 2.28. The minimum atomic E-state index is 0. The van der Waals surface area contributed by atoms with Gasteiger partial charge in [-0.05, 0) is 12.3 Å². The standard InChI is InChI=1S/C6H10.H3N/c1-5(2)6-3-4-6;/h3,5H,4H2,1-2H3;1H3. The first-order valence-corrected chi connectivity index (χ1v) is 2.49. The van der Waals surface area contributed by atoms with E-state index in [9.17, 15) is 0 Å². The number of allylic oxidation sites excluding steroid dienone is 2. The molecule has 0 unspecified atom stereocenters. The van der Waals surface area contributed by atoms with Gasteiger partial charge in [0, 0.05) is 0 Å². The summed E-state index contributed by atoms with van der Waals surface area (Å²) in [5.41, 5.74) is 1.63. The van der Waals surface area contributed by atoms with Crippen LogP contribution < -0.4 is 6.15 Å². The fourth-order valence-corrected chi connectivity index (χ4v) is 0.530. The summed E-state index contributed by atoms with van der Waals surface area (Å²) in [7, 11) is 0. The minimum Gasteiger partial charge on any atom is -0.344 e. The van der Waals surface area contributed by atoms with Crippen LogP contribution in [0.4, 0.5) is 0 Å². The lowest BCUT2D eigenvalue weighted by molar-refractivity contribution is 0.794. The number of hydrogen-bond acceptors (Lipinski definition) is 1. The van der Waals surface area contributed by atoms with Gasteiger partial charge in [0.25, 0.3) is 0 Å². The summed E-state index contributed by atoms with van der Waals surface area (Å²) in [5, 5.41) is 0. The fraction of sp³-hybridized carbons (Fsp3) is 0.667. The Hall–Kier alpha value is -0.300. The molecule has 0 aromatic heterocycles. The Labute approximate surface area is 45.0 Å². The Balaban J connectivity index is 0.000000360. The summed E-state index contributed by atoms with van der Waals surface area (Å²) in [6.45, 7) is 4.47. The van der Waals surface area contributed by atoms with E-state index in [4.69, 9.17) is 0 Å². The minimum absolute atomic E-state index is 0. The highest BCUT2D eigenvalue weighted by molar-refractivity contribution is 5.23. The molecule has 0 fully saturated rings. The predicted octanol–water partition coefficient (Wildman–Crippen LogP) is 2.13. The van der Waals surface area contributed by atoms with E-state index in [1.54, 1.807) is 5.57 Å². The van der Waals surface area contributed by atoms with E-state index in [1.807, 2.05) is 0 Å². The smallest absolute Gasteiger partial charge is 0.0133 e. The Morgan fingerprint density at radius 2 is 2.00 bits per heavy atom. The zero-order valence-corrected chi connectivity index (χ0v) is 5.07. The highest BCUT2D eigenvalue weighted by atomic mass is 14.1. The Morgan fingerprint density at radius 3 is 2.00 bits per heavy atom. The lowest BCUT2D eigenvalue weighted by atomic mass is 10.2. The van der Waals surface area contributed by atoms with Crippen molar-refractivity contribution in [1.29, 1.82) is 0 Å². The molecule has 0 aromatic carbocycles. The lowest BCUT2D eigenvalue weighted by Gasteiger charge is -1.90. The molecular weight excluding hydrogens is 86.1 g/mol. The summed E-state index contributed by atoms with van der Waals surface area (Å²) in [6, 6.07) is 0. The molecule has 1 aliphatic carbocycles. The largest absolute Gasteiger partial charge is 0.344 e. The molecule has 0 bridgehead atoms. The molecule has 0 spiro atoms. The van der Waals surface area contributed by atoms with Crippen LogP contribution in [-0.2, 0) is 0 Å². The first-order chi connectivity index (χ1) is 2.80. The topological polar surface area (TPSA) is 35.0 Å². The van der Waals surface area contributed by atoms with Gasteiger partial charge in [-0.2, -0.15) is 0 Å². The summed E-state index contributed by atoms with van der Waals surface area (Å²) < 4.78 is 0. The fourth-order valence-electron chi connectivity index (χ4n) is 0.530. The first-order valence-electron chi connectivity index (χ1n) is 2.49. The van der Waals surface area contributed by atoms with Crippen molar-refractivity contribution in [3.8, 4) is 0 Å². The third kappa shape index (κ3) is 1.74. The Kier molecular flexibility index (Phi) is 2.03. The van der Waals surface area contributed by atoms with Crippen LogP contribution in [0.15, 0.2) is 11.6 Å². The van der Waals surface area contributed by atoms with Crippen molar-refractivity contribution in [1.82, 2.24) is 6.15 Å². The quantitative estimate of drug-likeness (QED) is 0.502. The van der Waals surface area contributed by atoms with Crippen molar-refractivity contribution >= 4 is 0 Å². The second-order valence-corrected chi connectivity index (χ2v) is 2.14. The lowest BCUT2D eigenvalue weighted by Crippen LogP contribution is -1.77. The zero-order valence-electron chi connectivity index (χ0n) is 5.07. The van der Waals surface area contributed by atoms with Gasteiger partial charge in [0.1, 0.15) is 0 Å². The SMILES string of the molecule is CC(C)C1=CC1.N. The van der Waals surface area contributed by atoms with Gasteiger partial charge in [0.15, 0.2) is 0 Å². The van der Waals surface area contributed by atoms with E-state index in [0.29, 0.717) is 0 Å². The summed E-state index contributed by atoms with van der Waals surface area (Å²) in [6.07, 6.45) is 3.57. The number of hydrogen-bond donors (Lipinski definition) is 1. The van der Waals surface area contributed by atoms with Gasteiger partial charge in [-0.1, -0.05) is 25.5 Å². The molecule has 3 N–H and O–H groups in total. The second kappa shape index (κ2) is 2.12. The van der Waals surface area contributed by atoms with Crippen molar-refractivity contribution in [2.24, 2.45) is 5.92 Å². The molecular formula is C6H13N. The Bertz CT molecular complexity index is 82.2. The van der Waals surface area contributed by atoms with Crippen molar-refractivity contribution in [3.63, 3.8) is 0 Å². The summed E-state index contributed by atoms with van der Waals surface area (Å²) >= 11 is 0. The maximum atomic E-state index is 2.28. The van der Waals surface area contributed by atoms with Gasteiger partial charge in [0.2, 0.25) is 0 Å².